The van der Waals surface area contributed by atoms with Crippen molar-refractivity contribution in [1.29, 1.82) is 0 Å². The van der Waals surface area contributed by atoms with E-state index in [0.717, 1.165) is 27.7 Å². The summed E-state index contributed by atoms with van der Waals surface area (Å²) in [6, 6.07) is 29.4. The Balaban J connectivity index is 1.64. The van der Waals surface area contributed by atoms with Gasteiger partial charge >= 0.3 is 0 Å². The van der Waals surface area contributed by atoms with Gasteiger partial charge in [0.1, 0.15) is 17.2 Å². The summed E-state index contributed by atoms with van der Waals surface area (Å²) in [4.78, 5) is 17.9. The first-order valence-electron chi connectivity index (χ1n) is 9.13. The fourth-order valence-corrected chi connectivity index (χ4v) is 3.51. The first-order chi connectivity index (χ1) is 13.8. The number of nitrogens with zero attached hydrogens (tertiary/aromatic N) is 2. The van der Waals surface area contributed by atoms with Gasteiger partial charge in [0.05, 0.1) is 0 Å². The molecule has 0 aliphatic rings. The second kappa shape index (κ2) is 6.67. The molecule has 4 nitrogen and oxygen atoms in total. The van der Waals surface area contributed by atoms with Gasteiger partial charge in [-0.2, -0.15) is 0 Å². The topological polar surface area (TPSA) is 46.4 Å². The minimum absolute atomic E-state index is 0.153. The molecule has 0 aliphatic heterocycles. The van der Waals surface area contributed by atoms with Gasteiger partial charge in [-0.25, -0.2) is 4.98 Å². The van der Waals surface area contributed by atoms with Gasteiger partial charge in [0, 0.05) is 17.3 Å². The van der Waals surface area contributed by atoms with E-state index in [1.165, 1.54) is 0 Å². The third-order valence-corrected chi connectivity index (χ3v) is 4.84. The van der Waals surface area contributed by atoms with Gasteiger partial charge in [-0.3, -0.25) is 9.20 Å². The van der Waals surface area contributed by atoms with Crippen LogP contribution < -0.4 is 5.32 Å². The van der Waals surface area contributed by atoms with Crippen molar-refractivity contribution in [3.63, 3.8) is 0 Å². The standard InChI is InChI=1S/C24H17N3O/c28-24(20-14-8-12-17-9-4-5-13-19(17)20)26-23-22(18-10-2-1-3-11-18)25-21-15-6-7-16-27(21)23/h1-16H,(H,26,28). The van der Waals surface area contributed by atoms with Crippen molar-refractivity contribution in [1.82, 2.24) is 9.38 Å². The highest BCUT2D eigenvalue weighted by atomic mass is 16.1. The van der Waals surface area contributed by atoms with E-state index in [-0.39, 0.29) is 5.91 Å². The van der Waals surface area contributed by atoms with Crippen molar-refractivity contribution in [2.75, 3.05) is 5.32 Å². The zero-order valence-corrected chi connectivity index (χ0v) is 15.0. The molecule has 0 aliphatic carbocycles. The van der Waals surface area contributed by atoms with E-state index in [0.29, 0.717) is 11.4 Å². The molecule has 0 fully saturated rings. The largest absolute Gasteiger partial charge is 0.306 e. The zero-order valence-electron chi connectivity index (χ0n) is 15.0. The lowest BCUT2D eigenvalue weighted by Crippen LogP contribution is -2.14. The van der Waals surface area contributed by atoms with Gasteiger partial charge in [0.25, 0.3) is 5.91 Å². The quantitative estimate of drug-likeness (QED) is 0.466. The van der Waals surface area contributed by atoms with Crippen LogP contribution in [0.3, 0.4) is 0 Å². The third kappa shape index (κ3) is 2.72. The smallest absolute Gasteiger partial charge is 0.257 e. The SMILES string of the molecule is O=C(Nc1c(-c2ccccc2)nc2ccccn12)c1cccc2ccccc12. The van der Waals surface area contributed by atoms with E-state index in [9.17, 15) is 4.79 Å². The normalized spacial score (nSPS) is 11.0. The lowest BCUT2D eigenvalue weighted by molar-refractivity contribution is 0.102. The zero-order chi connectivity index (χ0) is 18.9. The predicted molar refractivity (Wildman–Crippen MR) is 113 cm³/mol. The minimum atomic E-state index is -0.153. The number of hydrogen-bond acceptors (Lipinski definition) is 2. The maximum atomic E-state index is 13.2. The lowest BCUT2D eigenvalue weighted by Gasteiger charge is -2.10. The molecule has 0 atom stereocenters. The Morgan fingerprint density at radius 1 is 0.786 bits per heavy atom. The Hall–Kier alpha value is -3.92. The monoisotopic (exact) mass is 363 g/mol. The first kappa shape index (κ1) is 16.3. The number of amides is 1. The van der Waals surface area contributed by atoms with E-state index in [4.69, 9.17) is 4.98 Å². The van der Waals surface area contributed by atoms with Gasteiger partial charge in [-0.05, 0) is 29.0 Å². The molecule has 5 aromatic rings. The van der Waals surface area contributed by atoms with Gasteiger partial charge in [0.2, 0.25) is 0 Å². The molecule has 5 rings (SSSR count). The van der Waals surface area contributed by atoms with Crippen LogP contribution in [0.2, 0.25) is 0 Å². The summed E-state index contributed by atoms with van der Waals surface area (Å²) in [5.74, 6) is 0.513. The van der Waals surface area contributed by atoms with Gasteiger partial charge in [-0.15, -0.1) is 0 Å². The second-order valence-electron chi connectivity index (χ2n) is 6.58. The second-order valence-corrected chi connectivity index (χ2v) is 6.58. The van der Waals surface area contributed by atoms with E-state index >= 15 is 0 Å². The lowest BCUT2D eigenvalue weighted by atomic mass is 10.0. The highest BCUT2D eigenvalue weighted by Gasteiger charge is 2.18. The number of benzene rings is 3. The molecule has 134 valence electrons. The number of nitrogens with one attached hydrogen (secondary N) is 1. The first-order valence-corrected chi connectivity index (χ1v) is 9.13. The average Bonchev–Trinajstić information content (AvgIpc) is 3.12. The molecule has 0 radical (unpaired) electrons. The highest BCUT2D eigenvalue weighted by molar-refractivity contribution is 6.13. The molecule has 28 heavy (non-hydrogen) atoms. The molecule has 0 saturated carbocycles. The fraction of sp³-hybridized carbons (Fsp3) is 0. The van der Waals surface area contributed by atoms with Crippen LogP contribution in [-0.4, -0.2) is 15.3 Å². The van der Waals surface area contributed by atoms with Crippen LogP contribution in [0.15, 0.2) is 97.2 Å². The third-order valence-electron chi connectivity index (χ3n) is 4.84. The molecule has 0 bridgehead atoms. The van der Waals surface area contributed by atoms with E-state index in [2.05, 4.69) is 5.32 Å². The van der Waals surface area contributed by atoms with Crippen molar-refractivity contribution in [3.05, 3.63) is 103 Å². The molecule has 4 heteroatoms. The minimum Gasteiger partial charge on any atom is -0.306 e. The van der Waals surface area contributed by atoms with Crippen LogP contribution in [0, 0.1) is 0 Å². The number of fused-ring (bicyclic) bond motifs is 2. The van der Waals surface area contributed by atoms with Crippen molar-refractivity contribution in [2.24, 2.45) is 0 Å². The Bertz CT molecular complexity index is 1300. The summed E-state index contributed by atoms with van der Waals surface area (Å²) >= 11 is 0. The predicted octanol–water partition coefficient (Wildman–Crippen LogP) is 5.41. The van der Waals surface area contributed by atoms with Crippen molar-refractivity contribution < 1.29 is 4.79 Å². The summed E-state index contributed by atoms with van der Waals surface area (Å²) in [5.41, 5.74) is 3.14. The molecule has 2 heterocycles. The average molecular weight is 363 g/mol. The van der Waals surface area contributed by atoms with Gasteiger partial charge < -0.3 is 5.32 Å². The van der Waals surface area contributed by atoms with Crippen LogP contribution in [0.5, 0.6) is 0 Å². The van der Waals surface area contributed by atoms with Gasteiger partial charge in [0.15, 0.2) is 0 Å². The molecule has 1 N–H and O–H groups in total. The van der Waals surface area contributed by atoms with Crippen LogP contribution >= 0.6 is 0 Å². The molecular weight excluding hydrogens is 346 g/mol. The number of aromatic nitrogens is 2. The van der Waals surface area contributed by atoms with E-state index < -0.39 is 0 Å². The summed E-state index contributed by atoms with van der Waals surface area (Å²) in [6.45, 7) is 0. The Kier molecular flexibility index (Phi) is 3.87. The summed E-state index contributed by atoms with van der Waals surface area (Å²) in [5, 5.41) is 5.07. The summed E-state index contributed by atoms with van der Waals surface area (Å²) in [7, 11) is 0. The number of anilines is 1. The summed E-state index contributed by atoms with van der Waals surface area (Å²) in [6.07, 6.45) is 1.91. The van der Waals surface area contributed by atoms with Crippen LogP contribution in [0.25, 0.3) is 27.7 Å². The molecule has 0 spiro atoms. The Morgan fingerprint density at radius 2 is 1.54 bits per heavy atom. The number of imidazole rings is 1. The number of hydrogen-bond donors (Lipinski definition) is 1. The molecule has 0 saturated heterocycles. The number of rotatable bonds is 3. The highest BCUT2D eigenvalue weighted by Crippen LogP contribution is 2.29. The van der Waals surface area contributed by atoms with Crippen LogP contribution in [0.4, 0.5) is 5.82 Å². The molecule has 1 amide bonds. The molecule has 0 unspecified atom stereocenters. The van der Waals surface area contributed by atoms with Crippen LogP contribution in [-0.2, 0) is 0 Å². The number of carbonyl (C=O) groups is 1. The fourth-order valence-electron chi connectivity index (χ4n) is 3.51. The molecule has 2 aromatic heterocycles. The van der Waals surface area contributed by atoms with Crippen molar-refractivity contribution in [2.45, 2.75) is 0 Å². The maximum absolute atomic E-state index is 13.2. The Labute approximate surface area is 162 Å². The number of carbonyl (C=O) groups excluding carboxylic acids is 1. The maximum Gasteiger partial charge on any atom is 0.257 e. The summed E-state index contributed by atoms with van der Waals surface area (Å²) < 4.78 is 1.91. The Morgan fingerprint density at radius 3 is 2.43 bits per heavy atom. The van der Waals surface area contributed by atoms with Crippen LogP contribution in [0.1, 0.15) is 10.4 Å². The van der Waals surface area contributed by atoms with Crippen molar-refractivity contribution in [3.8, 4) is 11.3 Å². The number of pyridine rings is 1. The van der Waals surface area contributed by atoms with E-state index in [1.54, 1.807) is 0 Å². The van der Waals surface area contributed by atoms with Gasteiger partial charge in [-0.1, -0.05) is 72.8 Å². The molecular formula is C24H17N3O. The van der Waals surface area contributed by atoms with Crippen molar-refractivity contribution >= 4 is 28.1 Å². The van der Waals surface area contributed by atoms with E-state index in [1.807, 2.05) is 102 Å². The molecule has 3 aromatic carbocycles.